The Bertz CT molecular complexity index is 213. The predicted octanol–water partition coefficient (Wildman–Crippen LogP) is 0.710. The van der Waals surface area contributed by atoms with E-state index in [2.05, 4.69) is 10.1 Å². The lowest BCUT2D eigenvalue weighted by atomic mass is 9.88. The summed E-state index contributed by atoms with van der Waals surface area (Å²) >= 11 is 0. The molecule has 0 aliphatic carbocycles. The molecule has 0 heterocycles. The van der Waals surface area contributed by atoms with Crippen LogP contribution in [-0.4, -0.2) is 24.5 Å². The van der Waals surface area contributed by atoms with Crippen molar-refractivity contribution in [1.29, 1.82) is 0 Å². The molecule has 0 aromatic heterocycles. The zero-order chi connectivity index (χ0) is 10.6. The van der Waals surface area contributed by atoms with E-state index in [1.807, 2.05) is 13.8 Å². The highest BCUT2D eigenvalue weighted by Gasteiger charge is 2.38. The lowest BCUT2D eigenvalue weighted by Crippen LogP contribution is -2.55. The lowest BCUT2D eigenvalue weighted by Gasteiger charge is -2.31. The third-order valence-corrected chi connectivity index (χ3v) is 2.20. The van der Waals surface area contributed by atoms with Gasteiger partial charge in [0.25, 0.3) is 0 Å². The predicted molar refractivity (Wildman–Crippen MR) is 49.1 cm³/mol. The van der Waals surface area contributed by atoms with Gasteiger partial charge < -0.3 is 10.1 Å². The summed E-state index contributed by atoms with van der Waals surface area (Å²) in [5, 5.41) is 2.59. The van der Waals surface area contributed by atoms with Crippen LogP contribution >= 0.6 is 0 Å². The van der Waals surface area contributed by atoms with Crippen LogP contribution < -0.4 is 5.32 Å². The summed E-state index contributed by atoms with van der Waals surface area (Å²) in [6.07, 6.45) is 0. The van der Waals surface area contributed by atoms with Gasteiger partial charge in [-0.15, -0.1) is 0 Å². The number of ether oxygens (including phenoxy) is 1. The molecule has 0 unspecified atom stereocenters. The molecular weight excluding hydrogens is 170 g/mol. The summed E-state index contributed by atoms with van der Waals surface area (Å²) in [4.78, 5) is 22.2. The number of methoxy groups -OCH3 is 1. The van der Waals surface area contributed by atoms with Crippen LogP contribution in [0.1, 0.15) is 27.7 Å². The maximum atomic E-state index is 11.4. The van der Waals surface area contributed by atoms with E-state index in [0.717, 1.165) is 0 Å². The molecule has 0 aromatic rings. The zero-order valence-electron chi connectivity index (χ0n) is 8.80. The van der Waals surface area contributed by atoms with E-state index in [0.29, 0.717) is 0 Å². The summed E-state index contributed by atoms with van der Waals surface area (Å²) in [6, 6.07) is 0. The standard InChI is InChI=1S/C9H17NO3/c1-6(2)9(4,8(12)13-5)10-7(3)11/h6H,1-5H3,(H,10,11)/t9-/m1/s1. The van der Waals surface area contributed by atoms with E-state index in [9.17, 15) is 9.59 Å². The van der Waals surface area contributed by atoms with Gasteiger partial charge in [0.15, 0.2) is 0 Å². The third kappa shape index (κ3) is 2.72. The summed E-state index contributed by atoms with van der Waals surface area (Å²) in [5.74, 6) is -0.664. The molecule has 13 heavy (non-hydrogen) atoms. The van der Waals surface area contributed by atoms with E-state index in [4.69, 9.17) is 0 Å². The van der Waals surface area contributed by atoms with Crippen LogP contribution in [0.3, 0.4) is 0 Å². The first-order chi connectivity index (χ1) is 5.84. The minimum absolute atomic E-state index is 0.0103. The Kier molecular flexibility index (Phi) is 3.91. The van der Waals surface area contributed by atoms with Gasteiger partial charge in [0.1, 0.15) is 5.54 Å². The Labute approximate surface area is 78.6 Å². The molecule has 1 amide bonds. The van der Waals surface area contributed by atoms with Gasteiger partial charge in [0.05, 0.1) is 7.11 Å². The molecule has 4 nitrogen and oxygen atoms in total. The second-order valence-electron chi connectivity index (χ2n) is 3.53. The van der Waals surface area contributed by atoms with Crippen molar-refractivity contribution in [1.82, 2.24) is 5.32 Å². The summed E-state index contributed by atoms with van der Waals surface area (Å²) in [7, 11) is 1.31. The molecule has 1 N–H and O–H groups in total. The quantitative estimate of drug-likeness (QED) is 0.662. The molecule has 0 radical (unpaired) electrons. The molecule has 0 aliphatic heterocycles. The number of carbonyl (C=O) groups is 2. The van der Waals surface area contributed by atoms with Crippen LogP contribution in [0.25, 0.3) is 0 Å². The zero-order valence-corrected chi connectivity index (χ0v) is 8.80. The maximum absolute atomic E-state index is 11.4. The normalized spacial score (nSPS) is 14.9. The molecule has 0 saturated heterocycles. The van der Waals surface area contributed by atoms with Gasteiger partial charge in [-0.1, -0.05) is 13.8 Å². The van der Waals surface area contributed by atoms with E-state index in [-0.39, 0.29) is 11.8 Å². The molecule has 4 heteroatoms. The van der Waals surface area contributed by atoms with Crippen molar-refractivity contribution in [2.24, 2.45) is 5.92 Å². The van der Waals surface area contributed by atoms with Gasteiger partial charge in [-0.05, 0) is 12.8 Å². The van der Waals surface area contributed by atoms with Gasteiger partial charge in [-0.2, -0.15) is 0 Å². The topological polar surface area (TPSA) is 55.4 Å². The van der Waals surface area contributed by atoms with Crippen molar-refractivity contribution in [3.63, 3.8) is 0 Å². The molecule has 1 atom stereocenters. The fraction of sp³-hybridized carbons (Fsp3) is 0.778. The van der Waals surface area contributed by atoms with Gasteiger partial charge >= 0.3 is 5.97 Å². The molecule has 0 rings (SSSR count). The first-order valence-corrected chi connectivity index (χ1v) is 4.21. The van der Waals surface area contributed by atoms with Crippen LogP contribution in [0.5, 0.6) is 0 Å². The second kappa shape index (κ2) is 4.25. The monoisotopic (exact) mass is 187 g/mol. The highest BCUT2D eigenvalue weighted by atomic mass is 16.5. The van der Waals surface area contributed by atoms with Crippen molar-refractivity contribution in [3.8, 4) is 0 Å². The smallest absolute Gasteiger partial charge is 0.331 e. The third-order valence-electron chi connectivity index (χ3n) is 2.20. The highest BCUT2D eigenvalue weighted by molar-refractivity contribution is 5.86. The summed E-state index contributed by atoms with van der Waals surface area (Å²) < 4.78 is 4.62. The summed E-state index contributed by atoms with van der Waals surface area (Å²) in [5.41, 5.74) is -0.930. The molecule has 0 fully saturated rings. The molecule has 0 bridgehead atoms. The Morgan fingerprint density at radius 2 is 1.85 bits per heavy atom. The Morgan fingerprint density at radius 3 is 2.08 bits per heavy atom. The molecule has 76 valence electrons. The SMILES string of the molecule is COC(=O)[C@](C)(NC(C)=O)C(C)C. The van der Waals surface area contributed by atoms with E-state index in [1.54, 1.807) is 6.92 Å². The molecule has 0 aromatic carbocycles. The van der Waals surface area contributed by atoms with Gasteiger partial charge in [-0.25, -0.2) is 4.79 Å². The molecular formula is C9H17NO3. The second-order valence-corrected chi connectivity index (χ2v) is 3.53. The fourth-order valence-electron chi connectivity index (χ4n) is 1.01. The van der Waals surface area contributed by atoms with Gasteiger partial charge in [0, 0.05) is 6.92 Å². The van der Waals surface area contributed by atoms with Crippen molar-refractivity contribution in [2.45, 2.75) is 33.2 Å². The average molecular weight is 187 g/mol. The number of amides is 1. The first kappa shape index (κ1) is 11.9. The van der Waals surface area contributed by atoms with Crippen molar-refractivity contribution >= 4 is 11.9 Å². The van der Waals surface area contributed by atoms with E-state index >= 15 is 0 Å². The number of rotatable bonds is 3. The molecule has 0 saturated carbocycles. The van der Waals surface area contributed by atoms with Gasteiger partial charge in [0.2, 0.25) is 5.91 Å². The maximum Gasteiger partial charge on any atom is 0.331 e. The Balaban J connectivity index is 4.72. The number of nitrogens with one attached hydrogen (secondary N) is 1. The highest BCUT2D eigenvalue weighted by Crippen LogP contribution is 2.17. The largest absolute Gasteiger partial charge is 0.467 e. The van der Waals surface area contributed by atoms with Crippen LogP contribution in [-0.2, 0) is 14.3 Å². The first-order valence-electron chi connectivity index (χ1n) is 4.21. The van der Waals surface area contributed by atoms with E-state index < -0.39 is 11.5 Å². The van der Waals surface area contributed by atoms with Crippen LogP contribution in [0.15, 0.2) is 0 Å². The van der Waals surface area contributed by atoms with E-state index in [1.165, 1.54) is 14.0 Å². The Hall–Kier alpha value is -1.06. The van der Waals surface area contributed by atoms with Crippen molar-refractivity contribution in [3.05, 3.63) is 0 Å². The minimum atomic E-state index is -0.930. The van der Waals surface area contributed by atoms with Crippen LogP contribution in [0.2, 0.25) is 0 Å². The average Bonchev–Trinajstić information content (AvgIpc) is 2.01. The molecule has 0 aliphatic rings. The van der Waals surface area contributed by atoms with Crippen molar-refractivity contribution < 1.29 is 14.3 Å². The minimum Gasteiger partial charge on any atom is -0.467 e. The number of hydrogen-bond donors (Lipinski definition) is 1. The van der Waals surface area contributed by atoms with Crippen LogP contribution in [0, 0.1) is 5.92 Å². The number of esters is 1. The molecule has 0 spiro atoms. The van der Waals surface area contributed by atoms with Gasteiger partial charge in [-0.3, -0.25) is 4.79 Å². The van der Waals surface area contributed by atoms with Crippen molar-refractivity contribution in [2.75, 3.05) is 7.11 Å². The summed E-state index contributed by atoms with van der Waals surface area (Å²) in [6.45, 7) is 6.74. The number of hydrogen-bond acceptors (Lipinski definition) is 3. The Morgan fingerprint density at radius 1 is 1.38 bits per heavy atom. The number of carbonyl (C=O) groups excluding carboxylic acids is 2. The van der Waals surface area contributed by atoms with Crippen LogP contribution in [0.4, 0.5) is 0 Å². The fourth-order valence-corrected chi connectivity index (χ4v) is 1.01. The lowest BCUT2D eigenvalue weighted by molar-refractivity contribution is -0.152.